The first-order chi connectivity index (χ1) is 8.48. The van der Waals surface area contributed by atoms with Gasteiger partial charge in [0.2, 0.25) is 10.0 Å². The van der Waals surface area contributed by atoms with Crippen molar-refractivity contribution in [2.24, 2.45) is 0 Å². The highest BCUT2D eigenvalue weighted by Crippen LogP contribution is 2.28. The molecule has 0 bridgehead atoms. The van der Waals surface area contributed by atoms with Crippen molar-refractivity contribution in [3.63, 3.8) is 0 Å². The van der Waals surface area contributed by atoms with E-state index in [2.05, 4.69) is 0 Å². The molecule has 1 N–H and O–H groups in total. The lowest BCUT2D eigenvalue weighted by Gasteiger charge is -2.22. The molecule has 0 amide bonds. The van der Waals surface area contributed by atoms with Crippen LogP contribution in [0.25, 0.3) is 0 Å². The number of aliphatic hydroxyl groups is 1. The van der Waals surface area contributed by atoms with Gasteiger partial charge in [-0.1, -0.05) is 12.1 Å². The maximum atomic E-state index is 12.6. The maximum Gasteiger partial charge on any atom is 0.243 e. The zero-order chi connectivity index (χ0) is 13.3. The summed E-state index contributed by atoms with van der Waals surface area (Å²) in [5.41, 5.74) is 1.32. The van der Waals surface area contributed by atoms with Crippen LogP contribution in [-0.4, -0.2) is 30.4 Å². The summed E-state index contributed by atoms with van der Waals surface area (Å²) in [7, 11) is -3.43. The predicted molar refractivity (Wildman–Crippen MR) is 69.7 cm³/mol. The Bertz CT molecular complexity index is 539. The minimum absolute atomic E-state index is 0.0622. The van der Waals surface area contributed by atoms with E-state index in [-0.39, 0.29) is 12.6 Å². The van der Waals surface area contributed by atoms with Crippen LogP contribution >= 0.6 is 0 Å². The van der Waals surface area contributed by atoms with Crippen molar-refractivity contribution in [1.82, 2.24) is 4.31 Å². The van der Waals surface area contributed by atoms with E-state index in [1.165, 1.54) is 0 Å². The van der Waals surface area contributed by atoms with Gasteiger partial charge in [-0.3, -0.25) is 0 Å². The number of nitrogens with zero attached hydrogens (tertiary/aromatic N) is 1. The number of aliphatic hydroxyl groups excluding tert-OH is 1. The summed E-state index contributed by atoms with van der Waals surface area (Å²) in [6.07, 6.45) is 1.83. The van der Waals surface area contributed by atoms with Crippen LogP contribution in [0.3, 0.4) is 0 Å². The van der Waals surface area contributed by atoms with E-state index in [1.54, 1.807) is 29.4 Å². The molecule has 1 saturated heterocycles. The Morgan fingerprint density at radius 1 is 1.44 bits per heavy atom. The van der Waals surface area contributed by atoms with E-state index in [0.29, 0.717) is 22.6 Å². The Labute approximate surface area is 108 Å². The second kappa shape index (κ2) is 4.99. The molecule has 1 aliphatic rings. The minimum atomic E-state index is -3.43. The Morgan fingerprint density at radius 2 is 2.17 bits per heavy atom. The highest BCUT2D eigenvalue weighted by molar-refractivity contribution is 7.89. The fourth-order valence-electron chi connectivity index (χ4n) is 2.50. The second-order valence-electron chi connectivity index (χ2n) is 4.81. The molecule has 0 saturated carbocycles. The van der Waals surface area contributed by atoms with E-state index >= 15 is 0 Å². The van der Waals surface area contributed by atoms with Gasteiger partial charge >= 0.3 is 0 Å². The molecule has 0 aliphatic carbocycles. The van der Waals surface area contributed by atoms with Crippen LogP contribution in [0, 0.1) is 6.92 Å². The summed E-state index contributed by atoms with van der Waals surface area (Å²) in [5, 5.41) is 9.22. The van der Waals surface area contributed by atoms with Gasteiger partial charge in [0.25, 0.3) is 0 Å². The normalized spacial score (nSPS) is 21.4. The molecule has 18 heavy (non-hydrogen) atoms. The van der Waals surface area contributed by atoms with Crippen molar-refractivity contribution in [3.8, 4) is 0 Å². The Morgan fingerprint density at radius 3 is 2.72 bits per heavy atom. The number of sulfonamides is 1. The molecular formula is C13H19NO3S. The molecule has 1 heterocycles. The third kappa shape index (κ3) is 2.18. The Balaban J connectivity index is 2.48. The van der Waals surface area contributed by atoms with Crippen molar-refractivity contribution in [3.05, 3.63) is 29.3 Å². The van der Waals surface area contributed by atoms with Gasteiger partial charge in [-0.2, -0.15) is 4.31 Å². The molecule has 5 heteroatoms. The van der Waals surface area contributed by atoms with Crippen LogP contribution in [0.15, 0.2) is 23.1 Å². The molecule has 1 aromatic carbocycles. The lowest BCUT2D eigenvalue weighted by Crippen LogP contribution is -2.34. The van der Waals surface area contributed by atoms with Crippen molar-refractivity contribution >= 4 is 10.0 Å². The molecule has 0 aromatic heterocycles. The first kappa shape index (κ1) is 13.5. The van der Waals surface area contributed by atoms with Crippen LogP contribution in [0.2, 0.25) is 0 Å². The number of hydrogen-bond donors (Lipinski definition) is 1. The van der Waals surface area contributed by atoms with Gasteiger partial charge in [-0.05, 0) is 43.9 Å². The van der Waals surface area contributed by atoms with Gasteiger partial charge < -0.3 is 5.11 Å². The fraction of sp³-hybridized carbons (Fsp3) is 0.538. The molecule has 1 aliphatic heterocycles. The summed E-state index contributed by atoms with van der Waals surface area (Å²) in [6.45, 7) is 4.14. The molecule has 1 fully saturated rings. The lowest BCUT2D eigenvalue weighted by atomic mass is 10.1. The van der Waals surface area contributed by atoms with Crippen LogP contribution in [0.4, 0.5) is 0 Å². The molecule has 100 valence electrons. The SMILES string of the molecule is Cc1c(CO)cccc1S(=O)(=O)N1CCCC1C. The molecule has 1 unspecified atom stereocenters. The number of benzene rings is 1. The van der Waals surface area contributed by atoms with E-state index in [9.17, 15) is 13.5 Å². The van der Waals surface area contributed by atoms with E-state index in [0.717, 1.165) is 12.8 Å². The van der Waals surface area contributed by atoms with E-state index in [1.807, 2.05) is 6.92 Å². The van der Waals surface area contributed by atoms with Gasteiger partial charge in [0.15, 0.2) is 0 Å². The van der Waals surface area contributed by atoms with Gasteiger partial charge in [0.1, 0.15) is 0 Å². The lowest BCUT2D eigenvalue weighted by molar-refractivity contribution is 0.280. The molecule has 0 radical (unpaired) electrons. The van der Waals surface area contributed by atoms with Crippen LogP contribution < -0.4 is 0 Å². The predicted octanol–water partition coefficient (Wildman–Crippen LogP) is 1.66. The molecule has 2 rings (SSSR count). The van der Waals surface area contributed by atoms with E-state index < -0.39 is 10.0 Å². The second-order valence-corrected chi connectivity index (χ2v) is 6.66. The zero-order valence-electron chi connectivity index (χ0n) is 10.8. The highest BCUT2D eigenvalue weighted by atomic mass is 32.2. The van der Waals surface area contributed by atoms with Gasteiger partial charge in [-0.25, -0.2) is 8.42 Å². The zero-order valence-corrected chi connectivity index (χ0v) is 11.6. The minimum Gasteiger partial charge on any atom is -0.392 e. The monoisotopic (exact) mass is 269 g/mol. The Hall–Kier alpha value is -0.910. The van der Waals surface area contributed by atoms with Crippen molar-refractivity contribution < 1.29 is 13.5 Å². The van der Waals surface area contributed by atoms with Gasteiger partial charge in [0, 0.05) is 12.6 Å². The maximum absolute atomic E-state index is 12.6. The van der Waals surface area contributed by atoms with Crippen molar-refractivity contribution in [1.29, 1.82) is 0 Å². The molecule has 1 aromatic rings. The summed E-state index contributed by atoms with van der Waals surface area (Å²) in [4.78, 5) is 0.322. The fourth-order valence-corrected chi connectivity index (χ4v) is 4.47. The van der Waals surface area contributed by atoms with Crippen LogP contribution in [0.5, 0.6) is 0 Å². The van der Waals surface area contributed by atoms with Gasteiger partial charge in [0.05, 0.1) is 11.5 Å². The summed E-state index contributed by atoms with van der Waals surface area (Å²) in [5.74, 6) is 0. The van der Waals surface area contributed by atoms with Crippen molar-refractivity contribution in [2.45, 2.75) is 44.2 Å². The largest absolute Gasteiger partial charge is 0.392 e. The average Bonchev–Trinajstić information content (AvgIpc) is 2.76. The van der Waals surface area contributed by atoms with Gasteiger partial charge in [-0.15, -0.1) is 0 Å². The molecule has 4 nitrogen and oxygen atoms in total. The summed E-state index contributed by atoms with van der Waals surface area (Å²) < 4.78 is 26.7. The molecular weight excluding hydrogens is 250 g/mol. The van der Waals surface area contributed by atoms with Crippen LogP contribution in [-0.2, 0) is 16.6 Å². The molecule has 1 atom stereocenters. The first-order valence-electron chi connectivity index (χ1n) is 6.19. The highest BCUT2D eigenvalue weighted by Gasteiger charge is 2.33. The third-order valence-electron chi connectivity index (χ3n) is 3.65. The van der Waals surface area contributed by atoms with E-state index in [4.69, 9.17) is 0 Å². The number of hydrogen-bond acceptors (Lipinski definition) is 3. The summed E-state index contributed by atoms with van der Waals surface area (Å²) in [6, 6.07) is 5.12. The standard InChI is InChI=1S/C13H19NO3S/c1-10-5-4-8-14(10)18(16,17)13-7-3-6-12(9-15)11(13)2/h3,6-7,10,15H,4-5,8-9H2,1-2H3. The first-order valence-corrected chi connectivity index (χ1v) is 7.63. The molecule has 0 spiro atoms. The quantitative estimate of drug-likeness (QED) is 0.908. The third-order valence-corrected chi connectivity index (χ3v) is 5.80. The van der Waals surface area contributed by atoms with Crippen LogP contribution in [0.1, 0.15) is 30.9 Å². The summed E-state index contributed by atoms with van der Waals surface area (Å²) >= 11 is 0. The smallest absolute Gasteiger partial charge is 0.243 e. The van der Waals surface area contributed by atoms with Crippen molar-refractivity contribution in [2.75, 3.05) is 6.54 Å². The Kier molecular flexibility index (Phi) is 3.75. The topological polar surface area (TPSA) is 57.6 Å². The number of rotatable bonds is 3. The average molecular weight is 269 g/mol.